The summed E-state index contributed by atoms with van der Waals surface area (Å²) in [6.45, 7) is 0. The van der Waals surface area contributed by atoms with Gasteiger partial charge in [-0.15, -0.1) is 0 Å². The first-order valence-corrected chi connectivity index (χ1v) is 25.7. The first kappa shape index (κ1) is 41.7. The highest BCUT2D eigenvalue weighted by molar-refractivity contribution is 7.19. The molecular formula is C66H47NOSi. The Labute approximate surface area is 404 Å². The minimum atomic E-state index is -2.63. The Hall–Kier alpha value is -8.76. The van der Waals surface area contributed by atoms with Gasteiger partial charge in [-0.25, -0.2) is 0 Å². The number of anilines is 3. The Morgan fingerprint density at radius 1 is 0.261 bits per heavy atom. The fourth-order valence-corrected chi connectivity index (χ4v) is 15.2. The van der Waals surface area contributed by atoms with E-state index in [-0.39, 0.29) is 0 Å². The lowest BCUT2D eigenvalue weighted by atomic mass is 9.87. The van der Waals surface area contributed by atoms with E-state index in [0.29, 0.717) is 0 Å². The molecule has 326 valence electrons. The highest BCUT2D eigenvalue weighted by Gasteiger charge is 2.41. The molecule has 0 amide bonds. The molecular weight excluding hydrogens is 851 g/mol. The van der Waals surface area contributed by atoms with E-state index in [9.17, 15) is 0 Å². The van der Waals surface area contributed by atoms with Crippen LogP contribution >= 0.6 is 0 Å². The predicted molar refractivity (Wildman–Crippen MR) is 294 cm³/mol. The average molecular weight is 898 g/mol. The average Bonchev–Trinajstić information content (AvgIpc) is 3.81. The Morgan fingerprint density at radius 3 is 1.16 bits per heavy atom. The minimum absolute atomic E-state index is 0.859. The summed E-state index contributed by atoms with van der Waals surface area (Å²) >= 11 is 0. The standard InChI is InChI=1S/C66H47NOSi/c1-6-19-50(20-7-1)60-30-18-31-61(51-21-8-2-9-22-51)66(60)52-35-41-54(42-36-52)67(55-43-46-63-62-29-16-17-32-64(62)68-65(63)47-55)53-39-33-48(34-40-53)49-37-44-59(45-38-49)69(56-23-10-3-11-24-56,57-25-12-4-13-26-57)58-27-14-5-15-28-58/h1-47H. The van der Waals surface area contributed by atoms with Gasteiger partial charge in [0.25, 0.3) is 0 Å². The second kappa shape index (κ2) is 18.1. The van der Waals surface area contributed by atoms with Crippen LogP contribution in [0.3, 0.4) is 0 Å². The fraction of sp³-hybridized carbons (Fsp3) is 0. The third-order valence-electron chi connectivity index (χ3n) is 13.7. The summed E-state index contributed by atoms with van der Waals surface area (Å²) in [6, 6.07) is 104. The number of hydrogen-bond acceptors (Lipinski definition) is 2. The van der Waals surface area contributed by atoms with Crippen molar-refractivity contribution in [1.29, 1.82) is 0 Å². The van der Waals surface area contributed by atoms with Gasteiger partial charge in [-0.2, -0.15) is 0 Å². The molecule has 0 N–H and O–H groups in total. The van der Waals surface area contributed by atoms with E-state index < -0.39 is 8.07 Å². The predicted octanol–water partition coefficient (Wildman–Crippen LogP) is 15.1. The molecule has 12 rings (SSSR count). The molecule has 11 aromatic carbocycles. The maximum atomic E-state index is 6.47. The van der Waals surface area contributed by atoms with Gasteiger partial charge in [0.05, 0.1) is 0 Å². The second-order valence-electron chi connectivity index (χ2n) is 17.6. The van der Waals surface area contributed by atoms with Gasteiger partial charge in [-0.1, -0.05) is 237 Å². The largest absolute Gasteiger partial charge is 0.456 e. The van der Waals surface area contributed by atoms with Crippen LogP contribution in [0.2, 0.25) is 0 Å². The molecule has 0 aliphatic rings. The van der Waals surface area contributed by atoms with Gasteiger partial charge in [0.2, 0.25) is 0 Å². The molecule has 0 unspecified atom stereocenters. The van der Waals surface area contributed by atoms with Crippen molar-refractivity contribution >= 4 is 67.8 Å². The van der Waals surface area contributed by atoms with Crippen LogP contribution in [0.25, 0.3) is 66.4 Å². The third kappa shape index (κ3) is 7.65. The monoisotopic (exact) mass is 897 g/mol. The molecule has 0 aliphatic heterocycles. The van der Waals surface area contributed by atoms with Crippen LogP contribution in [0.4, 0.5) is 17.1 Å². The van der Waals surface area contributed by atoms with Crippen molar-refractivity contribution in [3.05, 3.63) is 285 Å². The molecule has 12 aromatic rings. The van der Waals surface area contributed by atoms with Crippen molar-refractivity contribution in [3.8, 4) is 44.5 Å². The second-order valence-corrected chi connectivity index (χ2v) is 21.4. The van der Waals surface area contributed by atoms with Crippen molar-refractivity contribution < 1.29 is 4.42 Å². The zero-order chi connectivity index (χ0) is 46.0. The van der Waals surface area contributed by atoms with Gasteiger partial charge < -0.3 is 9.32 Å². The summed E-state index contributed by atoms with van der Waals surface area (Å²) in [4.78, 5) is 2.34. The van der Waals surface area contributed by atoms with Crippen molar-refractivity contribution in [2.75, 3.05) is 4.90 Å². The number of hydrogen-bond donors (Lipinski definition) is 0. The summed E-state index contributed by atoms with van der Waals surface area (Å²) < 4.78 is 6.47. The normalized spacial score (nSPS) is 11.5. The van der Waals surface area contributed by atoms with Gasteiger partial charge >= 0.3 is 0 Å². The SMILES string of the molecule is c1ccc(-c2cccc(-c3ccccc3)c2-c2ccc(N(c3ccc(-c4ccc([Si](c5ccccc5)(c5ccccc5)c5ccccc5)cc4)cc3)c3ccc4c(c3)oc3ccccc34)cc2)cc1. The van der Waals surface area contributed by atoms with Crippen molar-refractivity contribution in [2.45, 2.75) is 0 Å². The first-order valence-electron chi connectivity index (χ1n) is 23.7. The van der Waals surface area contributed by atoms with Crippen LogP contribution in [-0.2, 0) is 0 Å². The fourth-order valence-electron chi connectivity index (χ4n) is 10.4. The Balaban J connectivity index is 0.948. The molecule has 0 saturated heterocycles. The molecule has 0 radical (unpaired) electrons. The zero-order valence-electron chi connectivity index (χ0n) is 38.0. The molecule has 0 saturated carbocycles. The molecule has 0 fully saturated rings. The van der Waals surface area contributed by atoms with E-state index >= 15 is 0 Å². The number of para-hydroxylation sites is 1. The minimum Gasteiger partial charge on any atom is -0.456 e. The molecule has 0 atom stereocenters. The van der Waals surface area contributed by atoms with E-state index in [4.69, 9.17) is 4.42 Å². The van der Waals surface area contributed by atoms with Crippen LogP contribution in [0.5, 0.6) is 0 Å². The van der Waals surface area contributed by atoms with Crippen molar-refractivity contribution in [2.24, 2.45) is 0 Å². The van der Waals surface area contributed by atoms with Crippen molar-refractivity contribution in [3.63, 3.8) is 0 Å². The zero-order valence-corrected chi connectivity index (χ0v) is 39.0. The third-order valence-corrected chi connectivity index (χ3v) is 18.5. The van der Waals surface area contributed by atoms with Gasteiger partial charge in [0.15, 0.2) is 8.07 Å². The number of furan rings is 1. The van der Waals surface area contributed by atoms with Gasteiger partial charge in [0.1, 0.15) is 11.2 Å². The molecule has 2 nitrogen and oxygen atoms in total. The number of rotatable bonds is 11. The lowest BCUT2D eigenvalue weighted by Crippen LogP contribution is -2.74. The molecule has 0 spiro atoms. The van der Waals surface area contributed by atoms with Crippen LogP contribution in [-0.4, -0.2) is 8.07 Å². The smallest absolute Gasteiger partial charge is 0.179 e. The summed E-state index contributed by atoms with van der Waals surface area (Å²) in [6.07, 6.45) is 0. The van der Waals surface area contributed by atoms with Crippen LogP contribution in [0, 0.1) is 0 Å². The summed E-state index contributed by atoms with van der Waals surface area (Å²) in [7, 11) is -2.63. The molecule has 1 aromatic heterocycles. The summed E-state index contributed by atoms with van der Waals surface area (Å²) in [5, 5.41) is 7.67. The van der Waals surface area contributed by atoms with E-state index in [1.54, 1.807) is 0 Å². The van der Waals surface area contributed by atoms with E-state index in [0.717, 1.165) is 50.1 Å². The number of benzene rings is 11. The topological polar surface area (TPSA) is 16.4 Å². The Morgan fingerprint density at radius 2 is 0.652 bits per heavy atom. The lowest BCUT2D eigenvalue weighted by Gasteiger charge is -2.34. The maximum Gasteiger partial charge on any atom is 0.179 e. The van der Waals surface area contributed by atoms with Crippen LogP contribution in [0.1, 0.15) is 0 Å². The molecule has 3 heteroatoms. The van der Waals surface area contributed by atoms with Gasteiger partial charge in [0, 0.05) is 33.9 Å². The Bertz CT molecular complexity index is 3510. The summed E-state index contributed by atoms with van der Waals surface area (Å²) in [5.74, 6) is 0. The quantitative estimate of drug-likeness (QED) is 0.0950. The van der Waals surface area contributed by atoms with Crippen LogP contribution < -0.4 is 25.6 Å². The first-order chi connectivity index (χ1) is 34.2. The van der Waals surface area contributed by atoms with Gasteiger partial charge in [-0.3, -0.25) is 0 Å². The van der Waals surface area contributed by atoms with E-state index in [2.05, 4.69) is 278 Å². The molecule has 1 heterocycles. The maximum absolute atomic E-state index is 6.47. The molecule has 0 bridgehead atoms. The highest BCUT2D eigenvalue weighted by Crippen LogP contribution is 2.43. The van der Waals surface area contributed by atoms with E-state index in [1.807, 2.05) is 12.1 Å². The van der Waals surface area contributed by atoms with Gasteiger partial charge in [-0.05, 0) is 108 Å². The highest BCUT2D eigenvalue weighted by atomic mass is 28.3. The van der Waals surface area contributed by atoms with Crippen molar-refractivity contribution in [1.82, 2.24) is 0 Å². The number of fused-ring (bicyclic) bond motifs is 3. The Kier molecular flexibility index (Phi) is 11.0. The molecule has 0 aliphatic carbocycles. The van der Waals surface area contributed by atoms with Crippen LogP contribution in [0.15, 0.2) is 290 Å². The van der Waals surface area contributed by atoms with E-state index in [1.165, 1.54) is 54.1 Å². The number of nitrogens with zero attached hydrogens (tertiary/aromatic N) is 1. The molecule has 69 heavy (non-hydrogen) atoms. The lowest BCUT2D eigenvalue weighted by molar-refractivity contribution is 0.669. The summed E-state index contributed by atoms with van der Waals surface area (Å²) in [5.41, 5.74) is 14.4.